The van der Waals surface area contributed by atoms with Crippen LogP contribution in [0.25, 0.3) is 0 Å². The van der Waals surface area contributed by atoms with Crippen LogP contribution in [-0.4, -0.2) is 51.1 Å². The van der Waals surface area contributed by atoms with Crippen LogP contribution in [0.1, 0.15) is 18.9 Å². The predicted molar refractivity (Wildman–Crippen MR) is 132 cm³/mol. The summed E-state index contributed by atoms with van der Waals surface area (Å²) in [6.07, 6.45) is 0.0732. The number of halogens is 4. The van der Waals surface area contributed by atoms with Crippen molar-refractivity contribution in [2.24, 2.45) is 11.8 Å². The van der Waals surface area contributed by atoms with E-state index in [1.807, 2.05) is 0 Å². The highest BCUT2D eigenvalue weighted by atomic mass is 35.5. The van der Waals surface area contributed by atoms with Crippen LogP contribution in [0.4, 0.5) is 11.4 Å². The number of nitrogens with one attached hydrogen (secondary N) is 2. The highest BCUT2D eigenvalue weighted by Gasteiger charge is 2.73. The molecule has 0 aromatic heterocycles. The molecule has 3 aliphatic rings. The van der Waals surface area contributed by atoms with Gasteiger partial charge in [0, 0.05) is 38.9 Å². The third-order valence-corrected chi connectivity index (χ3v) is 7.94. The summed E-state index contributed by atoms with van der Waals surface area (Å²) in [6, 6.07) is 6.60. The van der Waals surface area contributed by atoms with Crippen LogP contribution in [0, 0.1) is 11.8 Å². The number of carboxylic acid groups (broad SMARTS) is 1. The van der Waals surface area contributed by atoms with Gasteiger partial charge >= 0.3 is 5.97 Å². The second-order valence-electron chi connectivity index (χ2n) is 9.42. The van der Waals surface area contributed by atoms with Gasteiger partial charge in [0.05, 0.1) is 22.2 Å². The number of hydrogen-bond donors (Lipinski definition) is 4. The van der Waals surface area contributed by atoms with Gasteiger partial charge in [-0.1, -0.05) is 46.4 Å². The molecule has 12 heteroatoms. The van der Waals surface area contributed by atoms with Crippen molar-refractivity contribution >= 4 is 75.6 Å². The Kier molecular flexibility index (Phi) is 5.79. The number of fused-ring (bicyclic) bond motifs is 4. The number of rotatable bonds is 3. The molecule has 35 heavy (non-hydrogen) atoms. The third kappa shape index (κ3) is 3.70. The molecule has 0 saturated carbocycles. The van der Waals surface area contributed by atoms with E-state index in [2.05, 4.69) is 10.6 Å². The van der Waals surface area contributed by atoms with E-state index < -0.39 is 46.8 Å². The fraction of sp³-hybridized carbons (Fsp3) is 0.348. The van der Waals surface area contributed by atoms with Gasteiger partial charge in [-0.3, -0.25) is 19.3 Å². The molecule has 0 radical (unpaired) electrons. The number of aliphatic carboxylic acids is 1. The van der Waals surface area contributed by atoms with Gasteiger partial charge in [0.1, 0.15) is 11.5 Å². The van der Waals surface area contributed by atoms with Crippen LogP contribution >= 0.6 is 46.4 Å². The Balaban J connectivity index is 1.68. The second kappa shape index (κ2) is 8.23. The summed E-state index contributed by atoms with van der Waals surface area (Å²) in [4.78, 5) is 41.7. The van der Waals surface area contributed by atoms with E-state index in [0.29, 0.717) is 0 Å². The number of nitrogens with zero attached hydrogens (tertiary/aromatic N) is 1. The molecule has 184 valence electrons. The summed E-state index contributed by atoms with van der Waals surface area (Å²) >= 11 is 24.7. The van der Waals surface area contributed by atoms with Crippen molar-refractivity contribution in [2.75, 3.05) is 17.2 Å². The van der Waals surface area contributed by atoms with Crippen molar-refractivity contribution in [1.82, 2.24) is 4.90 Å². The first kappa shape index (κ1) is 24.6. The van der Waals surface area contributed by atoms with Crippen molar-refractivity contribution in [3.05, 3.63) is 56.0 Å². The molecule has 0 bridgehead atoms. The van der Waals surface area contributed by atoms with E-state index in [1.165, 1.54) is 30.3 Å². The lowest BCUT2D eigenvalue weighted by Gasteiger charge is -2.36. The first-order valence-corrected chi connectivity index (χ1v) is 12.2. The Morgan fingerprint density at radius 1 is 1.09 bits per heavy atom. The lowest BCUT2D eigenvalue weighted by Crippen LogP contribution is -2.54. The Hall–Kier alpha value is -2.07. The van der Waals surface area contributed by atoms with Crippen LogP contribution in [0.5, 0.6) is 0 Å². The topological polar surface area (TPSA) is 119 Å². The highest BCUT2D eigenvalue weighted by molar-refractivity contribution is 6.38. The van der Waals surface area contributed by atoms with Gasteiger partial charge < -0.3 is 20.8 Å². The van der Waals surface area contributed by atoms with Crippen molar-refractivity contribution in [2.45, 2.75) is 30.5 Å². The summed E-state index contributed by atoms with van der Waals surface area (Å²) in [7, 11) is 0. The molecule has 2 aromatic rings. The van der Waals surface area contributed by atoms with Gasteiger partial charge in [-0.05, 0) is 43.7 Å². The number of amides is 2. The van der Waals surface area contributed by atoms with Gasteiger partial charge in [-0.15, -0.1) is 0 Å². The highest BCUT2D eigenvalue weighted by Crippen LogP contribution is 2.60. The molecular weight excluding hydrogens is 540 g/mol. The van der Waals surface area contributed by atoms with Crippen molar-refractivity contribution in [1.29, 1.82) is 0 Å². The number of carbonyl (C=O) groups is 3. The molecule has 3 aliphatic heterocycles. The molecule has 2 saturated heterocycles. The Labute approximate surface area is 220 Å². The fourth-order valence-electron chi connectivity index (χ4n) is 5.91. The average Bonchev–Trinajstić information content (AvgIpc) is 3.28. The van der Waals surface area contributed by atoms with Gasteiger partial charge in [-0.2, -0.15) is 0 Å². The van der Waals surface area contributed by atoms with Crippen LogP contribution < -0.4 is 10.6 Å². The average molecular weight is 559 g/mol. The Bertz CT molecular complexity index is 1280. The molecule has 4 N–H and O–H groups in total. The first-order valence-electron chi connectivity index (χ1n) is 10.6. The minimum Gasteiger partial charge on any atom is -0.481 e. The lowest BCUT2D eigenvalue weighted by atomic mass is 9.73. The van der Waals surface area contributed by atoms with Crippen LogP contribution in [-0.2, 0) is 19.9 Å². The molecular formula is C23H19Cl4N3O5. The largest absolute Gasteiger partial charge is 0.481 e. The van der Waals surface area contributed by atoms with E-state index in [-0.39, 0.29) is 50.0 Å². The number of carbonyl (C=O) groups excluding carboxylic acids is 2. The van der Waals surface area contributed by atoms with Gasteiger partial charge in [-0.25, -0.2) is 0 Å². The number of carboxylic acids is 1. The third-order valence-electron chi connectivity index (χ3n) is 6.99. The standard InChI is InChI=1S/C23H19Cl4N3O5/c1-22(35)7-15-16(19(31)28-12-3-9(24)2-10(25)4-12)17(20(32)33)23(30(15)8-22)13-5-11(26)6-14(27)18(13)29-21(23)34/h2-6,15-17,35H,7-8H2,1H3,(H,28,31)(H,29,34)(H,32,33)/t15?,16?,17?,22-,23?/m0/s1. The number of hydrogen-bond acceptors (Lipinski definition) is 5. The number of anilines is 2. The summed E-state index contributed by atoms with van der Waals surface area (Å²) in [6.45, 7) is 1.55. The number of benzene rings is 2. The van der Waals surface area contributed by atoms with E-state index in [1.54, 1.807) is 11.8 Å². The molecule has 0 aliphatic carbocycles. The van der Waals surface area contributed by atoms with Crippen molar-refractivity contribution < 1.29 is 24.6 Å². The Morgan fingerprint density at radius 2 is 1.71 bits per heavy atom. The molecule has 5 atom stereocenters. The maximum Gasteiger partial charge on any atom is 0.310 e. The minimum absolute atomic E-state index is 0.0365. The molecule has 3 heterocycles. The van der Waals surface area contributed by atoms with Gasteiger partial charge in [0.2, 0.25) is 5.91 Å². The van der Waals surface area contributed by atoms with Gasteiger partial charge in [0.25, 0.3) is 5.91 Å². The summed E-state index contributed by atoms with van der Waals surface area (Å²) in [5.41, 5.74) is -2.31. The van der Waals surface area contributed by atoms with Crippen LogP contribution in [0.15, 0.2) is 30.3 Å². The zero-order valence-electron chi connectivity index (χ0n) is 18.1. The van der Waals surface area contributed by atoms with Crippen molar-refractivity contribution in [3.8, 4) is 0 Å². The summed E-state index contributed by atoms with van der Waals surface area (Å²) in [5, 5.41) is 27.7. The van der Waals surface area contributed by atoms with Gasteiger partial charge in [0.15, 0.2) is 0 Å². The maximum atomic E-state index is 13.6. The minimum atomic E-state index is -1.81. The van der Waals surface area contributed by atoms with E-state index in [0.717, 1.165) is 0 Å². The second-order valence-corrected chi connectivity index (χ2v) is 11.1. The van der Waals surface area contributed by atoms with E-state index >= 15 is 0 Å². The molecule has 1 spiro atoms. The zero-order chi connectivity index (χ0) is 25.4. The molecule has 2 aromatic carbocycles. The fourth-order valence-corrected chi connectivity index (χ4v) is 6.98. The van der Waals surface area contributed by atoms with Crippen LogP contribution in [0.3, 0.4) is 0 Å². The smallest absolute Gasteiger partial charge is 0.310 e. The summed E-state index contributed by atoms with van der Waals surface area (Å²) in [5.74, 6) is -5.35. The molecule has 4 unspecified atom stereocenters. The maximum absolute atomic E-state index is 13.6. The zero-order valence-corrected chi connectivity index (χ0v) is 21.1. The van der Waals surface area contributed by atoms with E-state index in [4.69, 9.17) is 46.4 Å². The van der Waals surface area contributed by atoms with E-state index in [9.17, 15) is 24.6 Å². The van der Waals surface area contributed by atoms with Crippen LogP contribution in [0.2, 0.25) is 20.1 Å². The molecule has 2 fully saturated rings. The quantitative estimate of drug-likeness (QED) is 0.447. The summed E-state index contributed by atoms with van der Waals surface area (Å²) < 4.78 is 0. The first-order chi connectivity index (χ1) is 16.3. The monoisotopic (exact) mass is 557 g/mol. The SMILES string of the molecule is C[C@]1(O)CC2C(C(=O)Nc3cc(Cl)cc(Cl)c3)C(C(=O)O)C3(C(=O)Nc4c(Cl)cc(Cl)cc43)N2C1. The molecule has 2 amide bonds. The Morgan fingerprint density at radius 3 is 2.34 bits per heavy atom. The predicted octanol–water partition coefficient (Wildman–Crippen LogP) is 4.24. The molecule has 8 nitrogen and oxygen atoms in total. The van der Waals surface area contributed by atoms with Crippen molar-refractivity contribution in [3.63, 3.8) is 0 Å². The number of aliphatic hydroxyl groups is 1. The molecule has 5 rings (SSSR count). The normalized spacial score (nSPS) is 31.4. The lowest BCUT2D eigenvalue weighted by molar-refractivity contribution is -0.152.